The molecule has 0 amide bonds. The van der Waals surface area contributed by atoms with Crippen molar-refractivity contribution in [1.29, 1.82) is 0 Å². The Balaban J connectivity index is 1.83. The molecule has 1 saturated heterocycles. The Labute approximate surface area is 167 Å². The molecule has 1 aliphatic rings. The highest BCUT2D eigenvalue weighted by atomic mass is 35.5. The van der Waals surface area contributed by atoms with Crippen LogP contribution in [0.4, 0.5) is 5.82 Å². The van der Waals surface area contributed by atoms with Gasteiger partial charge in [-0.3, -0.25) is 4.90 Å². The molecule has 0 unspecified atom stereocenters. The molecule has 0 aliphatic carbocycles. The summed E-state index contributed by atoms with van der Waals surface area (Å²) in [5.41, 5.74) is 1.49. The first kappa shape index (κ1) is 19.9. The number of nitrogens with zero attached hydrogens (tertiary/aromatic N) is 4. The number of phenolic OH excluding ortho intramolecular Hbond substituents is 1. The van der Waals surface area contributed by atoms with Crippen molar-refractivity contribution in [1.82, 2.24) is 15.1 Å². The third-order valence-corrected chi connectivity index (χ3v) is 6.32. The number of aromatic nitrogens is 2. The maximum atomic E-state index is 10.1. The molecule has 0 saturated carbocycles. The van der Waals surface area contributed by atoms with Crippen molar-refractivity contribution < 1.29 is 5.11 Å². The SMILES string of the molecule is CN(c1ccc(-c2ccc(Cl)cc2O)nn1)C1CC(C)(C)N(C)C(C)(C)C1. The molecular formula is C21H29ClN4O. The highest BCUT2D eigenvalue weighted by Gasteiger charge is 2.44. The van der Waals surface area contributed by atoms with E-state index in [-0.39, 0.29) is 16.8 Å². The Morgan fingerprint density at radius 2 is 1.70 bits per heavy atom. The van der Waals surface area contributed by atoms with Crippen molar-refractivity contribution in [3.05, 3.63) is 35.4 Å². The standard InChI is InChI=1S/C21H29ClN4O/c1-20(2)12-15(13-21(3,4)26(20)6)25(5)19-10-9-17(23-24-19)16-8-7-14(22)11-18(16)27/h7-11,15,27H,12-13H2,1-6H3. The number of benzene rings is 1. The maximum absolute atomic E-state index is 10.1. The van der Waals surface area contributed by atoms with E-state index < -0.39 is 0 Å². The van der Waals surface area contributed by atoms with Gasteiger partial charge >= 0.3 is 0 Å². The highest BCUT2D eigenvalue weighted by molar-refractivity contribution is 6.30. The Kier molecular flexibility index (Phi) is 5.12. The van der Waals surface area contributed by atoms with Crippen molar-refractivity contribution in [2.75, 3.05) is 19.0 Å². The molecule has 1 aromatic heterocycles. The average molecular weight is 389 g/mol. The summed E-state index contributed by atoms with van der Waals surface area (Å²) in [6.45, 7) is 9.19. The van der Waals surface area contributed by atoms with Gasteiger partial charge in [0.15, 0.2) is 5.82 Å². The maximum Gasteiger partial charge on any atom is 0.151 e. The topological polar surface area (TPSA) is 52.5 Å². The van der Waals surface area contributed by atoms with E-state index in [1.807, 2.05) is 12.1 Å². The fourth-order valence-corrected chi connectivity index (χ4v) is 4.32. The summed E-state index contributed by atoms with van der Waals surface area (Å²) in [5, 5.41) is 19.4. The van der Waals surface area contributed by atoms with Gasteiger partial charge in [0, 0.05) is 34.8 Å². The van der Waals surface area contributed by atoms with Crippen LogP contribution in [-0.4, -0.2) is 51.4 Å². The van der Waals surface area contributed by atoms with Crippen molar-refractivity contribution in [3.63, 3.8) is 0 Å². The zero-order valence-corrected chi connectivity index (χ0v) is 17.7. The molecule has 0 atom stereocenters. The van der Waals surface area contributed by atoms with Crippen LogP contribution in [0.25, 0.3) is 11.3 Å². The molecule has 0 bridgehead atoms. The minimum atomic E-state index is 0.108. The van der Waals surface area contributed by atoms with Crippen molar-refractivity contribution in [2.24, 2.45) is 0 Å². The van der Waals surface area contributed by atoms with E-state index in [0.717, 1.165) is 18.7 Å². The fourth-order valence-electron chi connectivity index (χ4n) is 4.16. The molecule has 1 fully saturated rings. The van der Waals surface area contributed by atoms with Crippen LogP contribution >= 0.6 is 11.6 Å². The first-order chi connectivity index (χ1) is 12.5. The summed E-state index contributed by atoms with van der Waals surface area (Å²) < 4.78 is 0. The van der Waals surface area contributed by atoms with Gasteiger partial charge in [0.1, 0.15) is 5.75 Å². The molecule has 1 aromatic carbocycles. The first-order valence-corrected chi connectivity index (χ1v) is 9.68. The summed E-state index contributed by atoms with van der Waals surface area (Å²) in [4.78, 5) is 4.71. The van der Waals surface area contributed by atoms with Crippen LogP contribution in [-0.2, 0) is 0 Å². The van der Waals surface area contributed by atoms with E-state index in [2.05, 4.69) is 61.8 Å². The molecule has 1 aliphatic heterocycles. The van der Waals surface area contributed by atoms with Crippen LogP contribution in [0, 0.1) is 0 Å². The summed E-state index contributed by atoms with van der Waals surface area (Å²) in [7, 11) is 4.30. The normalized spacial score (nSPS) is 19.8. The average Bonchev–Trinajstić information content (AvgIpc) is 2.59. The molecular weight excluding hydrogens is 360 g/mol. The predicted molar refractivity (Wildman–Crippen MR) is 111 cm³/mol. The van der Waals surface area contributed by atoms with Crippen LogP contribution in [0.2, 0.25) is 5.02 Å². The molecule has 5 nitrogen and oxygen atoms in total. The summed E-state index contributed by atoms with van der Waals surface area (Å²) >= 11 is 5.91. The van der Waals surface area contributed by atoms with Crippen LogP contribution in [0.1, 0.15) is 40.5 Å². The smallest absolute Gasteiger partial charge is 0.151 e. The van der Waals surface area contributed by atoms with Crippen molar-refractivity contribution in [2.45, 2.75) is 57.7 Å². The Morgan fingerprint density at radius 1 is 1.07 bits per heavy atom. The number of hydrogen-bond acceptors (Lipinski definition) is 5. The summed E-state index contributed by atoms with van der Waals surface area (Å²) in [6, 6.07) is 9.26. The lowest BCUT2D eigenvalue weighted by Gasteiger charge is -2.55. The second-order valence-electron chi connectivity index (χ2n) is 8.80. The molecule has 0 spiro atoms. The van der Waals surface area contributed by atoms with Crippen LogP contribution < -0.4 is 4.90 Å². The van der Waals surface area contributed by atoms with E-state index in [1.165, 1.54) is 6.07 Å². The Morgan fingerprint density at radius 3 is 2.22 bits per heavy atom. The number of hydrogen-bond donors (Lipinski definition) is 1. The van der Waals surface area contributed by atoms with E-state index >= 15 is 0 Å². The van der Waals surface area contributed by atoms with Gasteiger partial charge in [0.2, 0.25) is 0 Å². The molecule has 6 heteroatoms. The summed E-state index contributed by atoms with van der Waals surface area (Å²) in [5.74, 6) is 0.949. The van der Waals surface area contributed by atoms with Gasteiger partial charge in [-0.1, -0.05) is 11.6 Å². The highest BCUT2D eigenvalue weighted by Crippen LogP contribution is 2.39. The fraction of sp³-hybridized carbons (Fsp3) is 0.524. The van der Waals surface area contributed by atoms with E-state index in [4.69, 9.17) is 11.6 Å². The van der Waals surface area contributed by atoms with Gasteiger partial charge in [-0.15, -0.1) is 10.2 Å². The number of piperidine rings is 1. The quantitative estimate of drug-likeness (QED) is 0.833. The van der Waals surface area contributed by atoms with E-state index in [9.17, 15) is 5.11 Å². The Bertz CT molecular complexity index is 801. The van der Waals surface area contributed by atoms with Gasteiger partial charge < -0.3 is 10.0 Å². The van der Waals surface area contributed by atoms with Crippen molar-refractivity contribution >= 4 is 17.4 Å². The molecule has 2 heterocycles. The zero-order valence-electron chi connectivity index (χ0n) is 17.0. The lowest BCUT2D eigenvalue weighted by Crippen LogP contribution is -2.62. The summed E-state index contributed by atoms with van der Waals surface area (Å²) in [6.07, 6.45) is 2.12. The lowest BCUT2D eigenvalue weighted by molar-refractivity contribution is -0.0120. The van der Waals surface area contributed by atoms with Crippen molar-refractivity contribution in [3.8, 4) is 17.0 Å². The number of rotatable bonds is 3. The lowest BCUT2D eigenvalue weighted by atomic mass is 9.77. The zero-order chi connectivity index (χ0) is 20.0. The number of aromatic hydroxyl groups is 1. The first-order valence-electron chi connectivity index (χ1n) is 9.31. The minimum absolute atomic E-state index is 0.108. The molecule has 146 valence electrons. The molecule has 27 heavy (non-hydrogen) atoms. The van der Waals surface area contributed by atoms with Gasteiger partial charge in [-0.05, 0) is 77.9 Å². The molecule has 0 radical (unpaired) electrons. The molecule has 1 N–H and O–H groups in total. The number of phenols is 1. The van der Waals surface area contributed by atoms with Gasteiger partial charge in [0.05, 0.1) is 5.69 Å². The predicted octanol–water partition coefficient (Wildman–Crippen LogP) is 4.59. The van der Waals surface area contributed by atoms with E-state index in [0.29, 0.717) is 22.3 Å². The number of anilines is 1. The third kappa shape index (κ3) is 3.90. The van der Waals surface area contributed by atoms with E-state index in [1.54, 1.807) is 12.1 Å². The van der Waals surface area contributed by atoms with Crippen LogP contribution in [0.5, 0.6) is 5.75 Å². The number of likely N-dealkylation sites (tertiary alicyclic amines) is 1. The minimum Gasteiger partial charge on any atom is -0.507 e. The number of halogens is 1. The Hall–Kier alpha value is -1.85. The molecule has 3 rings (SSSR count). The largest absolute Gasteiger partial charge is 0.507 e. The monoisotopic (exact) mass is 388 g/mol. The van der Waals surface area contributed by atoms with Gasteiger partial charge in [0.25, 0.3) is 0 Å². The second kappa shape index (κ2) is 6.95. The van der Waals surface area contributed by atoms with Crippen LogP contribution in [0.15, 0.2) is 30.3 Å². The van der Waals surface area contributed by atoms with Crippen LogP contribution in [0.3, 0.4) is 0 Å². The molecule has 2 aromatic rings. The second-order valence-corrected chi connectivity index (χ2v) is 9.23. The van der Waals surface area contributed by atoms with Gasteiger partial charge in [-0.25, -0.2) is 0 Å². The third-order valence-electron chi connectivity index (χ3n) is 6.08. The van der Waals surface area contributed by atoms with Gasteiger partial charge in [-0.2, -0.15) is 0 Å².